The summed E-state index contributed by atoms with van der Waals surface area (Å²) in [6.07, 6.45) is 2.36. The molecule has 0 radical (unpaired) electrons. The van der Waals surface area contributed by atoms with Gasteiger partial charge >= 0.3 is 5.97 Å². The van der Waals surface area contributed by atoms with E-state index in [1.54, 1.807) is 0 Å². The standard InChI is InChI=1S/C12H16FN3O2/c1-16-5-3-8(7-16)6-15-11-10(13)9(12(17)18)2-4-14-11/h2,4,8H,3,5-7H2,1H3,(H,14,15)(H,17,18). The van der Waals surface area contributed by atoms with Gasteiger partial charge in [-0.25, -0.2) is 14.2 Å². The summed E-state index contributed by atoms with van der Waals surface area (Å²) >= 11 is 0. The zero-order valence-electron chi connectivity index (χ0n) is 10.2. The zero-order valence-corrected chi connectivity index (χ0v) is 10.2. The Morgan fingerprint density at radius 3 is 3.11 bits per heavy atom. The maximum Gasteiger partial charge on any atom is 0.338 e. The number of likely N-dealkylation sites (tertiary alicyclic amines) is 1. The number of hydrogen-bond donors (Lipinski definition) is 2. The summed E-state index contributed by atoms with van der Waals surface area (Å²) in [5.41, 5.74) is -0.351. The minimum Gasteiger partial charge on any atom is -0.478 e. The Kier molecular flexibility index (Phi) is 3.76. The molecule has 0 bridgehead atoms. The van der Waals surface area contributed by atoms with Gasteiger partial charge in [-0.2, -0.15) is 0 Å². The van der Waals surface area contributed by atoms with E-state index in [0.29, 0.717) is 12.5 Å². The summed E-state index contributed by atoms with van der Waals surface area (Å²) in [7, 11) is 2.05. The monoisotopic (exact) mass is 253 g/mol. The molecule has 2 N–H and O–H groups in total. The van der Waals surface area contributed by atoms with Crippen molar-refractivity contribution in [2.75, 3.05) is 32.0 Å². The van der Waals surface area contributed by atoms with Crippen LogP contribution < -0.4 is 5.32 Å². The molecule has 1 unspecified atom stereocenters. The van der Waals surface area contributed by atoms with E-state index in [1.165, 1.54) is 6.20 Å². The van der Waals surface area contributed by atoms with Crippen LogP contribution in [0.4, 0.5) is 10.2 Å². The van der Waals surface area contributed by atoms with Gasteiger partial charge in [0, 0.05) is 19.3 Å². The van der Waals surface area contributed by atoms with Gasteiger partial charge in [-0.05, 0) is 32.0 Å². The van der Waals surface area contributed by atoms with E-state index in [0.717, 1.165) is 25.6 Å². The number of carboxylic acids is 1. The van der Waals surface area contributed by atoms with E-state index >= 15 is 0 Å². The third-order valence-electron chi connectivity index (χ3n) is 3.17. The molecule has 1 atom stereocenters. The minimum atomic E-state index is -1.28. The quantitative estimate of drug-likeness (QED) is 0.846. The van der Waals surface area contributed by atoms with E-state index in [1.807, 2.05) is 7.05 Å². The van der Waals surface area contributed by atoms with E-state index in [-0.39, 0.29) is 11.4 Å². The van der Waals surface area contributed by atoms with Crippen molar-refractivity contribution in [1.82, 2.24) is 9.88 Å². The summed E-state index contributed by atoms with van der Waals surface area (Å²) in [5.74, 6) is -1.61. The molecule has 98 valence electrons. The number of aromatic nitrogens is 1. The third kappa shape index (κ3) is 2.76. The highest BCUT2D eigenvalue weighted by molar-refractivity contribution is 5.88. The lowest BCUT2D eigenvalue weighted by Gasteiger charge is -2.13. The molecule has 1 aliphatic rings. The van der Waals surface area contributed by atoms with Crippen molar-refractivity contribution < 1.29 is 14.3 Å². The molecule has 0 saturated carbocycles. The Bertz CT molecular complexity index is 453. The van der Waals surface area contributed by atoms with Gasteiger partial charge in [0.05, 0.1) is 0 Å². The second-order valence-corrected chi connectivity index (χ2v) is 4.62. The fraction of sp³-hybridized carbons (Fsp3) is 0.500. The fourth-order valence-electron chi connectivity index (χ4n) is 2.17. The largest absolute Gasteiger partial charge is 0.478 e. The van der Waals surface area contributed by atoms with E-state index < -0.39 is 11.8 Å². The Labute approximate surface area is 105 Å². The van der Waals surface area contributed by atoms with Crippen molar-refractivity contribution in [2.45, 2.75) is 6.42 Å². The van der Waals surface area contributed by atoms with Crippen LogP contribution >= 0.6 is 0 Å². The first kappa shape index (κ1) is 12.8. The second kappa shape index (κ2) is 5.30. The molecule has 5 nitrogen and oxygen atoms in total. The van der Waals surface area contributed by atoms with Crippen LogP contribution in [0.2, 0.25) is 0 Å². The number of pyridine rings is 1. The van der Waals surface area contributed by atoms with Gasteiger partial charge in [-0.1, -0.05) is 0 Å². The highest BCUT2D eigenvalue weighted by atomic mass is 19.1. The predicted octanol–water partition coefficient (Wildman–Crippen LogP) is 1.28. The molecule has 18 heavy (non-hydrogen) atoms. The number of halogens is 1. The maximum absolute atomic E-state index is 13.8. The lowest BCUT2D eigenvalue weighted by atomic mass is 10.1. The maximum atomic E-state index is 13.8. The lowest BCUT2D eigenvalue weighted by Crippen LogP contribution is -2.20. The first-order valence-corrected chi connectivity index (χ1v) is 5.88. The van der Waals surface area contributed by atoms with Crippen LogP contribution in [0.15, 0.2) is 12.3 Å². The minimum absolute atomic E-state index is 0.0180. The molecule has 1 aromatic rings. The van der Waals surface area contributed by atoms with Gasteiger partial charge in [-0.3, -0.25) is 0 Å². The number of aromatic carboxylic acids is 1. The topological polar surface area (TPSA) is 65.5 Å². The van der Waals surface area contributed by atoms with Crippen molar-refractivity contribution >= 4 is 11.8 Å². The SMILES string of the molecule is CN1CCC(CNc2nccc(C(=O)O)c2F)C1. The lowest BCUT2D eigenvalue weighted by molar-refractivity contribution is 0.0692. The highest BCUT2D eigenvalue weighted by Gasteiger charge is 2.20. The van der Waals surface area contributed by atoms with Crippen LogP contribution in [0.1, 0.15) is 16.8 Å². The van der Waals surface area contributed by atoms with Gasteiger partial charge in [0.15, 0.2) is 11.6 Å². The van der Waals surface area contributed by atoms with Crippen LogP contribution in [-0.4, -0.2) is 47.6 Å². The third-order valence-corrected chi connectivity index (χ3v) is 3.17. The Hall–Kier alpha value is -1.69. The van der Waals surface area contributed by atoms with Gasteiger partial charge in [-0.15, -0.1) is 0 Å². The number of carboxylic acid groups (broad SMARTS) is 1. The number of hydrogen-bond acceptors (Lipinski definition) is 4. The molecule has 2 rings (SSSR count). The van der Waals surface area contributed by atoms with Crippen molar-refractivity contribution in [2.24, 2.45) is 5.92 Å². The average molecular weight is 253 g/mol. The van der Waals surface area contributed by atoms with Crippen molar-refractivity contribution in [1.29, 1.82) is 0 Å². The normalized spacial score (nSPS) is 20.0. The summed E-state index contributed by atoms with van der Waals surface area (Å²) < 4.78 is 13.8. The van der Waals surface area contributed by atoms with Crippen molar-refractivity contribution in [3.05, 3.63) is 23.6 Å². The van der Waals surface area contributed by atoms with Gasteiger partial charge in [0.1, 0.15) is 5.56 Å². The average Bonchev–Trinajstić information content (AvgIpc) is 2.73. The molecular formula is C12H16FN3O2. The van der Waals surface area contributed by atoms with Crippen molar-refractivity contribution in [3.8, 4) is 0 Å². The molecule has 6 heteroatoms. The molecule has 0 aliphatic carbocycles. The first-order valence-electron chi connectivity index (χ1n) is 5.88. The van der Waals surface area contributed by atoms with Gasteiger partial charge in [0.25, 0.3) is 0 Å². The Morgan fingerprint density at radius 2 is 2.50 bits per heavy atom. The molecule has 1 aliphatic heterocycles. The fourth-order valence-corrected chi connectivity index (χ4v) is 2.17. The number of rotatable bonds is 4. The molecular weight excluding hydrogens is 237 g/mol. The van der Waals surface area contributed by atoms with Crippen LogP contribution in [-0.2, 0) is 0 Å². The van der Waals surface area contributed by atoms with E-state index in [2.05, 4.69) is 15.2 Å². The van der Waals surface area contributed by atoms with Gasteiger partial charge < -0.3 is 15.3 Å². The van der Waals surface area contributed by atoms with Crippen LogP contribution in [0.3, 0.4) is 0 Å². The summed E-state index contributed by atoms with van der Waals surface area (Å²) in [6.45, 7) is 2.61. The Balaban J connectivity index is 2.01. The molecule has 0 aromatic carbocycles. The molecule has 0 spiro atoms. The molecule has 0 amide bonds. The predicted molar refractivity (Wildman–Crippen MR) is 65.2 cm³/mol. The number of anilines is 1. The van der Waals surface area contributed by atoms with Crippen LogP contribution in [0.25, 0.3) is 0 Å². The molecule has 1 saturated heterocycles. The summed E-state index contributed by atoms with van der Waals surface area (Å²) in [6, 6.07) is 1.16. The van der Waals surface area contributed by atoms with Crippen molar-refractivity contribution in [3.63, 3.8) is 0 Å². The van der Waals surface area contributed by atoms with E-state index in [4.69, 9.17) is 5.11 Å². The molecule has 1 aromatic heterocycles. The molecule has 2 heterocycles. The first-order chi connectivity index (χ1) is 8.58. The number of nitrogens with one attached hydrogen (secondary N) is 1. The smallest absolute Gasteiger partial charge is 0.338 e. The van der Waals surface area contributed by atoms with E-state index in [9.17, 15) is 9.18 Å². The summed E-state index contributed by atoms with van der Waals surface area (Å²) in [4.78, 5) is 16.8. The number of nitrogens with zero attached hydrogens (tertiary/aromatic N) is 2. The van der Waals surface area contributed by atoms with Crippen LogP contribution in [0, 0.1) is 11.7 Å². The van der Waals surface area contributed by atoms with Gasteiger partial charge in [0.2, 0.25) is 0 Å². The second-order valence-electron chi connectivity index (χ2n) is 4.62. The summed E-state index contributed by atoms with van der Waals surface area (Å²) in [5, 5.41) is 11.7. The Morgan fingerprint density at radius 1 is 1.72 bits per heavy atom. The highest BCUT2D eigenvalue weighted by Crippen LogP contribution is 2.18. The molecule has 1 fully saturated rings. The van der Waals surface area contributed by atoms with Crippen LogP contribution in [0.5, 0.6) is 0 Å². The number of carbonyl (C=O) groups is 1. The zero-order chi connectivity index (χ0) is 13.1.